The van der Waals surface area contributed by atoms with E-state index in [1.54, 1.807) is 6.20 Å². The van der Waals surface area contributed by atoms with E-state index in [2.05, 4.69) is 4.98 Å². The van der Waals surface area contributed by atoms with E-state index in [1.807, 2.05) is 38.1 Å². The van der Waals surface area contributed by atoms with Gasteiger partial charge in [0.1, 0.15) is 11.5 Å². The zero-order valence-corrected chi connectivity index (χ0v) is 11.6. The van der Waals surface area contributed by atoms with Crippen molar-refractivity contribution in [3.05, 3.63) is 53.6 Å². The summed E-state index contributed by atoms with van der Waals surface area (Å²) in [6.07, 6.45) is 1.73. The van der Waals surface area contributed by atoms with E-state index in [-0.39, 0.29) is 11.8 Å². The van der Waals surface area contributed by atoms with Gasteiger partial charge < -0.3 is 9.84 Å². The van der Waals surface area contributed by atoms with Crippen LogP contribution in [0.4, 0.5) is 4.39 Å². The van der Waals surface area contributed by atoms with Crippen molar-refractivity contribution in [2.45, 2.75) is 33.2 Å². The first kappa shape index (κ1) is 14.6. The van der Waals surface area contributed by atoms with Crippen molar-refractivity contribution >= 4 is 0 Å². The second-order valence-corrected chi connectivity index (χ2v) is 4.87. The van der Waals surface area contributed by atoms with Crippen LogP contribution in [0.5, 0.6) is 0 Å². The molecule has 1 N–H and O–H groups in total. The maximum atomic E-state index is 13.6. The van der Waals surface area contributed by atoms with E-state index in [1.165, 1.54) is 6.07 Å². The van der Waals surface area contributed by atoms with Crippen molar-refractivity contribution in [1.82, 2.24) is 4.98 Å². The van der Waals surface area contributed by atoms with Crippen LogP contribution in [0, 0.1) is 5.82 Å². The van der Waals surface area contributed by atoms with Crippen LogP contribution in [-0.2, 0) is 18.0 Å². The molecule has 0 fully saturated rings. The summed E-state index contributed by atoms with van der Waals surface area (Å²) in [4.78, 5) is 3.92. The molecule has 0 amide bonds. The quantitative estimate of drug-likeness (QED) is 0.910. The minimum atomic E-state index is -0.492. The molecule has 2 aromatic rings. The van der Waals surface area contributed by atoms with Gasteiger partial charge in [-0.1, -0.05) is 18.2 Å². The molecule has 106 valence electrons. The Balaban J connectivity index is 2.24. The van der Waals surface area contributed by atoms with Crippen LogP contribution in [0.1, 0.15) is 25.1 Å². The Morgan fingerprint density at radius 2 is 2.05 bits per heavy atom. The molecule has 0 unspecified atom stereocenters. The average molecular weight is 275 g/mol. The highest BCUT2D eigenvalue weighted by Crippen LogP contribution is 2.22. The minimum Gasteiger partial charge on any atom is -0.390 e. The largest absolute Gasteiger partial charge is 0.390 e. The molecule has 1 aromatic carbocycles. The number of hydrogen-bond donors (Lipinski definition) is 1. The van der Waals surface area contributed by atoms with Crippen LogP contribution in [0.3, 0.4) is 0 Å². The zero-order valence-electron chi connectivity index (χ0n) is 11.6. The van der Waals surface area contributed by atoms with Gasteiger partial charge in [0.25, 0.3) is 0 Å². The summed E-state index contributed by atoms with van der Waals surface area (Å²) in [7, 11) is 0. The van der Waals surface area contributed by atoms with E-state index in [9.17, 15) is 4.39 Å². The summed E-state index contributed by atoms with van der Waals surface area (Å²) in [6, 6.07) is 9.12. The number of rotatable bonds is 5. The van der Waals surface area contributed by atoms with Crippen LogP contribution < -0.4 is 0 Å². The highest BCUT2D eigenvalue weighted by molar-refractivity contribution is 5.63. The monoisotopic (exact) mass is 275 g/mol. The molecule has 0 radical (unpaired) electrons. The number of halogens is 1. The molecule has 3 nitrogen and oxygen atoms in total. The molecule has 1 aromatic heterocycles. The third-order valence-corrected chi connectivity index (χ3v) is 2.91. The molecule has 2 rings (SSSR count). The van der Waals surface area contributed by atoms with Crippen molar-refractivity contribution < 1.29 is 14.2 Å². The Hall–Kier alpha value is -1.78. The summed E-state index contributed by atoms with van der Waals surface area (Å²) in [5, 5.41) is 8.93. The van der Waals surface area contributed by atoms with Crippen LogP contribution >= 0.6 is 0 Å². The third kappa shape index (κ3) is 3.62. The number of nitrogens with zero attached hydrogens (tertiary/aromatic N) is 1. The first-order valence-electron chi connectivity index (χ1n) is 6.56. The number of hydrogen-bond acceptors (Lipinski definition) is 3. The summed E-state index contributed by atoms with van der Waals surface area (Å²) in [5.74, 6) is -0.492. The van der Waals surface area contributed by atoms with Gasteiger partial charge in [-0.15, -0.1) is 0 Å². The smallest absolute Gasteiger partial charge is 0.147 e. The maximum absolute atomic E-state index is 13.6. The zero-order chi connectivity index (χ0) is 14.5. The van der Waals surface area contributed by atoms with Crippen LogP contribution in [0.2, 0.25) is 0 Å². The minimum absolute atomic E-state index is 0.0630. The van der Waals surface area contributed by atoms with Gasteiger partial charge in [-0.05, 0) is 37.1 Å². The normalized spacial score (nSPS) is 11.1. The Morgan fingerprint density at radius 3 is 2.70 bits per heavy atom. The third-order valence-electron chi connectivity index (χ3n) is 2.91. The Kier molecular flexibility index (Phi) is 4.82. The predicted octanol–water partition coefficient (Wildman–Crippen LogP) is 3.31. The Bertz CT molecular complexity index is 584. The van der Waals surface area contributed by atoms with E-state index in [0.29, 0.717) is 12.2 Å². The molecule has 0 aliphatic carbocycles. The molecule has 1 heterocycles. The lowest BCUT2D eigenvalue weighted by Crippen LogP contribution is -2.02. The molecule has 0 atom stereocenters. The van der Waals surface area contributed by atoms with E-state index in [0.717, 1.165) is 11.1 Å². The van der Waals surface area contributed by atoms with Gasteiger partial charge in [0.15, 0.2) is 0 Å². The molecule has 4 heteroatoms. The van der Waals surface area contributed by atoms with Crippen molar-refractivity contribution in [1.29, 1.82) is 0 Å². The fourth-order valence-electron chi connectivity index (χ4n) is 1.84. The van der Waals surface area contributed by atoms with E-state index >= 15 is 0 Å². The van der Waals surface area contributed by atoms with Crippen LogP contribution in [0.15, 0.2) is 36.5 Å². The fraction of sp³-hybridized carbons (Fsp3) is 0.312. The van der Waals surface area contributed by atoms with Gasteiger partial charge >= 0.3 is 0 Å². The van der Waals surface area contributed by atoms with Gasteiger partial charge in [-0.25, -0.2) is 4.39 Å². The summed E-state index contributed by atoms with van der Waals surface area (Å²) in [5.41, 5.74) is 2.66. The summed E-state index contributed by atoms with van der Waals surface area (Å²) in [6.45, 7) is 4.10. The second kappa shape index (κ2) is 6.59. The molecule has 0 bridgehead atoms. The van der Waals surface area contributed by atoms with Crippen molar-refractivity contribution in [3.63, 3.8) is 0 Å². The lowest BCUT2D eigenvalue weighted by Gasteiger charge is -2.09. The van der Waals surface area contributed by atoms with E-state index in [4.69, 9.17) is 9.84 Å². The number of pyridine rings is 1. The first-order chi connectivity index (χ1) is 9.60. The number of aliphatic hydroxyl groups excluding tert-OH is 1. The van der Waals surface area contributed by atoms with Gasteiger partial charge in [-0.3, -0.25) is 4.98 Å². The summed E-state index contributed by atoms with van der Waals surface area (Å²) < 4.78 is 19.2. The molecule has 0 aliphatic heterocycles. The predicted molar refractivity (Wildman–Crippen MR) is 75.5 cm³/mol. The first-order valence-corrected chi connectivity index (χ1v) is 6.56. The van der Waals surface area contributed by atoms with E-state index < -0.39 is 12.4 Å². The van der Waals surface area contributed by atoms with Gasteiger partial charge in [0.2, 0.25) is 0 Å². The molecular formula is C16H18FNO2. The van der Waals surface area contributed by atoms with Crippen molar-refractivity contribution in [3.8, 4) is 11.1 Å². The van der Waals surface area contributed by atoms with Gasteiger partial charge in [0, 0.05) is 11.8 Å². The maximum Gasteiger partial charge on any atom is 0.147 e. The fourth-order valence-corrected chi connectivity index (χ4v) is 1.84. The second-order valence-electron chi connectivity index (χ2n) is 4.87. The number of ether oxygens (including phenoxy) is 1. The topological polar surface area (TPSA) is 42.4 Å². The van der Waals surface area contributed by atoms with Gasteiger partial charge in [0.05, 0.1) is 19.3 Å². The SMILES string of the molecule is CC(C)OCc1cccc(-c2cnc(CO)c(F)c2)c1. The molecular weight excluding hydrogens is 257 g/mol. The standard InChI is InChI=1S/C16H18FNO2/c1-11(2)20-10-12-4-3-5-13(6-12)14-7-15(17)16(9-19)18-8-14/h3-8,11,19H,9-10H2,1-2H3. The average Bonchev–Trinajstić information content (AvgIpc) is 2.45. The lowest BCUT2D eigenvalue weighted by atomic mass is 10.0. The van der Waals surface area contributed by atoms with Gasteiger partial charge in [-0.2, -0.15) is 0 Å². The highest BCUT2D eigenvalue weighted by Gasteiger charge is 2.06. The van der Waals surface area contributed by atoms with Crippen molar-refractivity contribution in [2.24, 2.45) is 0 Å². The Labute approximate surface area is 118 Å². The van der Waals surface area contributed by atoms with Crippen LogP contribution in [-0.4, -0.2) is 16.2 Å². The Morgan fingerprint density at radius 1 is 1.25 bits per heavy atom. The summed E-state index contributed by atoms with van der Waals surface area (Å²) >= 11 is 0. The molecule has 0 aliphatic rings. The highest BCUT2D eigenvalue weighted by atomic mass is 19.1. The lowest BCUT2D eigenvalue weighted by molar-refractivity contribution is 0.0657. The van der Waals surface area contributed by atoms with Crippen LogP contribution in [0.25, 0.3) is 11.1 Å². The molecule has 20 heavy (non-hydrogen) atoms. The number of aromatic nitrogens is 1. The molecule has 0 spiro atoms. The molecule has 0 saturated heterocycles. The number of benzene rings is 1. The number of aliphatic hydroxyl groups is 1. The van der Waals surface area contributed by atoms with Crippen molar-refractivity contribution in [2.75, 3.05) is 0 Å². The molecule has 0 saturated carbocycles.